The van der Waals surface area contributed by atoms with Crippen molar-refractivity contribution < 1.29 is 4.74 Å². The SMILES string of the molecule is CCCCCCCCCC(O[C@H]1CC[C@H](CCC)CC1)C1CCCCC1. The molecule has 2 aliphatic carbocycles. The molecule has 0 saturated heterocycles. The first-order valence-electron chi connectivity index (χ1n) is 12.5. The molecule has 0 amide bonds. The first kappa shape index (κ1) is 22.3. The summed E-state index contributed by atoms with van der Waals surface area (Å²) < 4.78 is 6.80. The second-order valence-electron chi connectivity index (χ2n) is 9.41. The van der Waals surface area contributed by atoms with Crippen molar-refractivity contribution in [1.82, 2.24) is 0 Å². The first-order valence-corrected chi connectivity index (χ1v) is 12.5. The average molecular weight is 365 g/mol. The Hall–Kier alpha value is -0.0400. The summed E-state index contributed by atoms with van der Waals surface area (Å²) in [5.41, 5.74) is 0. The lowest BCUT2D eigenvalue weighted by Gasteiger charge is -2.36. The van der Waals surface area contributed by atoms with Crippen molar-refractivity contribution in [2.75, 3.05) is 0 Å². The molecule has 0 heterocycles. The van der Waals surface area contributed by atoms with Crippen LogP contribution >= 0.6 is 0 Å². The van der Waals surface area contributed by atoms with Gasteiger partial charge in [-0.25, -0.2) is 0 Å². The smallest absolute Gasteiger partial charge is 0.0607 e. The summed E-state index contributed by atoms with van der Waals surface area (Å²) in [6.45, 7) is 4.64. The van der Waals surface area contributed by atoms with Crippen LogP contribution in [0.2, 0.25) is 0 Å². The van der Waals surface area contributed by atoms with Gasteiger partial charge in [0.25, 0.3) is 0 Å². The highest BCUT2D eigenvalue weighted by atomic mass is 16.5. The third-order valence-electron chi connectivity index (χ3n) is 7.13. The van der Waals surface area contributed by atoms with E-state index < -0.39 is 0 Å². The number of hydrogen-bond donors (Lipinski definition) is 0. The maximum absolute atomic E-state index is 6.80. The number of ether oxygens (including phenoxy) is 1. The lowest BCUT2D eigenvalue weighted by molar-refractivity contribution is -0.0736. The fourth-order valence-electron chi connectivity index (χ4n) is 5.44. The van der Waals surface area contributed by atoms with Gasteiger partial charge in [0.2, 0.25) is 0 Å². The summed E-state index contributed by atoms with van der Waals surface area (Å²) in [6.07, 6.45) is 28.0. The number of unbranched alkanes of at least 4 members (excludes halogenated alkanes) is 6. The predicted octanol–water partition coefficient (Wildman–Crippen LogP) is 8.45. The van der Waals surface area contributed by atoms with Crippen LogP contribution in [-0.2, 0) is 4.74 Å². The van der Waals surface area contributed by atoms with Crippen LogP contribution in [0.15, 0.2) is 0 Å². The van der Waals surface area contributed by atoms with Gasteiger partial charge in [0.1, 0.15) is 0 Å². The number of rotatable bonds is 13. The molecule has 1 heteroatoms. The van der Waals surface area contributed by atoms with Gasteiger partial charge in [-0.1, -0.05) is 90.9 Å². The Balaban J connectivity index is 1.69. The highest BCUT2D eigenvalue weighted by Gasteiger charge is 2.29. The third kappa shape index (κ3) is 8.77. The maximum atomic E-state index is 6.80. The molecule has 0 spiro atoms. The van der Waals surface area contributed by atoms with Gasteiger partial charge in [-0.05, 0) is 56.8 Å². The zero-order valence-electron chi connectivity index (χ0n) is 18.2. The highest BCUT2D eigenvalue weighted by Crippen LogP contribution is 2.35. The van der Waals surface area contributed by atoms with Crippen LogP contribution in [0.25, 0.3) is 0 Å². The second-order valence-corrected chi connectivity index (χ2v) is 9.41. The monoisotopic (exact) mass is 364 g/mol. The minimum Gasteiger partial charge on any atom is -0.375 e. The van der Waals surface area contributed by atoms with Crippen molar-refractivity contribution >= 4 is 0 Å². The van der Waals surface area contributed by atoms with Crippen molar-refractivity contribution in [2.45, 2.75) is 148 Å². The predicted molar refractivity (Wildman–Crippen MR) is 115 cm³/mol. The molecule has 1 nitrogen and oxygen atoms in total. The van der Waals surface area contributed by atoms with Gasteiger partial charge in [-0.2, -0.15) is 0 Å². The first-order chi connectivity index (χ1) is 12.8. The summed E-state index contributed by atoms with van der Waals surface area (Å²) in [7, 11) is 0. The molecule has 154 valence electrons. The van der Waals surface area contributed by atoms with Crippen molar-refractivity contribution in [3.8, 4) is 0 Å². The molecule has 2 fully saturated rings. The van der Waals surface area contributed by atoms with E-state index >= 15 is 0 Å². The lowest BCUT2D eigenvalue weighted by atomic mass is 9.82. The second kappa shape index (κ2) is 14.0. The van der Waals surface area contributed by atoms with Gasteiger partial charge in [0.15, 0.2) is 0 Å². The highest BCUT2D eigenvalue weighted by molar-refractivity contribution is 4.79. The Labute approximate surface area is 165 Å². The van der Waals surface area contributed by atoms with Crippen LogP contribution in [0.3, 0.4) is 0 Å². The molecule has 0 aromatic carbocycles. The Morgan fingerprint density at radius 1 is 0.692 bits per heavy atom. The molecular formula is C25H48O. The molecule has 1 unspecified atom stereocenters. The Kier molecular flexibility index (Phi) is 12.0. The molecular weight excluding hydrogens is 316 g/mol. The van der Waals surface area contributed by atoms with Crippen molar-refractivity contribution in [2.24, 2.45) is 11.8 Å². The van der Waals surface area contributed by atoms with E-state index in [1.807, 2.05) is 0 Å². The van der Waals surface area contributed by atoms with Gasteiger partial charge >= 0.3 is 0 Å². The van der Waals surface area contributed by atoms with Gasteiger partial charge in [-0.15, -0.1) is 0 Å². The topological polar surface area (TPSA) is 9.23 Å². The van der Waals surface area contributed by atoms with Gasteiger partial charge in [-0.3, -0.25) is 0 Å². The number of hydrogen-bond acceptors (Lipinski definition) is 1. The molecule has 2 saturated carbocycles. The maximum Gasteiger partial charge on any atom is 0.0607 e. The molecule has 0 aromatic rings. The Morgan fingerprint density at radius 3 is 2.00 bits per heavy atom. The quantitative estimate of drug-likeness (QED) is 0.298. The summed E-state index contributed by atoms with van der Waals surface area (Å²) in [5.74, 6) is 1.87. The minimum atomic E-state index is 0.582. The summed E-state index contributed by atoms with van der Waals surface area (Å²) in [5, 5.41) is 0. The van der Waals surface area contributed by atoms with Crippen molar-refractivity contribution in [3.63, 3.8) is 0 Å². The van der Waals surface area contributed by atoms with E-state index in [1.165, 1.54) is 122 Å². The summed E-state index contributed by atoms with van der Waals surface area (Å²) >= 11 is 0. The zero-order valence-corrected chi connectivity index (χ0v) is 18.2. The fraction of sp³-hybridized carbons (Fsp3) is 1.00. The van der Waals surface area contributed by atoms with E-state index in [2.05, 4.69) is 13.8 Å². The largest absolute Gasteiger partial charge is 0.375 e. The van der Waals surface area contributed by atoms with E-state index in [9.17, 15) is 0 Å². The summed E-state index contributed by atoms with van der Waals surface area (Å²) in [6, 6.07) is 0. The fourth-order valence-corrected chi connectivity index (χ4v) is 5.44. The third-order valence-corrected chi connectivity index (χ3v) is 7.13. The van der Waals surface area contributed by atoms with E-state index in [-0.39, 0.29) is 0 Å². The normalized spacial score (nSPS) is 26.1. The molecule has 0 bridgehead atoms. The molecule has 0 N–H and O–H groups in total. The molecule has 0 aliphatic heterocycles. The van der Waals surface area contributed by atoms with E-state index in [4.69, 9.17) is 4.74 Å². The zero-order chi connectivity index (χ0) is 18.5. The summed E-state index contributed by atoms with van der Waals surface area (Å²) in [4.78, 5) is 0. The molecule has 0 radical (unpaired) electrons. The minimum absolute atomic E-state index is 0.582. The molecule has 2 rings (SSSR count). The van der Waals surface area contributed by atoms with Crippen LogP contribution in [0.4, 0.5) is 0 Å². The van der Waals surface area contributed by atoms with Crippen LogP contribution < -0.4 is 0 Å². The van der Waals surface area contributed by atoms with Crippen LogP contribution in [0.5, 0.6) is 0 Å². The van der Waals surface area contributed by atoms with Crippen LogP contribution in [-0.4, -0.2) is 12.2 Å². The molecule has 1 atom stereocenters. The van der Waals surface area contributed by atoms with Gasteiger partial charge in [0.05, 0.1) is 12.2 Å². The standard InChI is InChI=1S/C25H48O/c1-3-5-6-7-8-9-13-17-25(23-15-11-10-12-16-23)26-24-20-18-22(14-4-2)19-21-24/h22-25H,3-21H2,1-2H3/t22-,24-,25?. The van der Waals surface area contributed by atoms with E-state index in [0.717, 1.165) is 11.8 Å². The van der Waals surface area contributed by atoms with Gasteiger partial charge in [0, 0.05) is 0 Å². The molecule has 2 aliphatic rings. The van der Waals surface area contributed by atoms with Crippen LogP contribution in [0.1, 0.15) is 136 Å². The molecule has 0 aromatic heterocycles. The van der Waals surface area contributed by atoms with Gasteiger partial charge < -0.3 is 4.74 Å². The van der Waals surface area contributed by atoms with Crippen molar-refractivity contribution in [1.29, 1.82) is 0 Å². The average Bonchev–Trinajstić information content (AvgIpc) is 2.68. The van der Waals surface area contributed by atoms with E-state index in [0.29, 0.717) is 12.2 Å². The Bertz CT molecular complexity index is 312. The van der Waals surface area contributed by atoms with E-state index in [1.54, 1.807) is 0 Å². The van der Waals surface area contributed by atoms with Crippen molar-refractivity contribution in [3.05, 3.63) is 0 Å². The lowest BCUT2D eigenvalue weighted by Crippen LogP contribution is -2.32. The molecule has 26 heavy (non-hydrogen) atoms. The Morgan fingerprint density at radius 2 is 1.35 bits per heavy atom. The van der Waals surface area contributed by atoms with Crippen LogP contribution in [0, 0.1) is 11.8 Å².